The Morgan fingerprint density at radius 3 is 1.56 bits per heavy atom. The molecule has 18 heavy (non-hydrogen) atoms. The summed E-state index contributed by atoms with van der Waals surface area (Å²) in [6, 6.07) is 6.76. The molecule has 0 radical (unpaired) electrons. The SMILES string of the molecule is COC(=O)OC.Cc1cc(C)cc(C(C)(C)C)c1. The Balaban J connectivity index is 0.000000411. The first-order valence-corrected chi connectivity index (χ1v) is 5.91. The van der Waals surface area contributed by atoms with Crippen molar-refractivity contribution in [2.45, 2.75) is 40.0 Å². The third kappa shape index (κ3) is 6.28. The fourth-order valence-electron chi connectivity index (χ4n) is 1.49. The van der Waals surface area contributed by atoms with Gasteiger partial charge in [0.15, 0.2) is 0 Å². The average Bonchev–Trinajstić information content (AvgIpc) is 2.26. The lowest BCUT2D eigenvalue weighted by atomic mass is 9.85. The Hall–Kier alpha value is -1.51. The van der Waals surface area contributed by atoms with Crippen LogP contribution in [-0.2, 0) is 14.9 Å². The number of hydrogen-bond donors (Lipinski definition) is 0. The van der Waals surface area contributed by atoms with Gasteiger partial charge in [-0.3, -0.25) is 0 Å². The van der Waals surface area contributed by atoms with E-state index in [1.165, 1.54) is 30.9 Å². The van der Waals surface area contributed by atoms with Crippen molar-refractivity contribution in [2.75, 3.05) is 14.2 Å². The predicted molar refractivity (Wildman–Crippen MR) is 74.0 cm³/mol. The average molecular weight is 252 g/mol. The van der Waals surface area contributed by atoms with Gasteiger partial charge in [-0.25, -0.2) is 4.79 Å². The summed E-state index contributed by atoms with van der Waals surface area (Å²) in [4.78, 5) is 9.74. The van der Waals surface area contributed by atoms with Gasteiger partial charge >= 0.3 is 6.16 Å². The molecule has 0 N–H and O–H groups in total. The predicted octanol–water partition coefficient (Wildman–Crippen LogP) is 4.00. The maximum absolute atomic E-state index is 9.74. The number of ether oxygens (including phenoxy) is 2. The number of rotatable bonds is 0. The van der Waals surface area contributed by atoms with E-state index in [-0.39, 0.29) is 5.41 Å². The molecule has 0 amide bonds. The van der Waals surface area contributed by atoms with E-state index in [9.17, 15) is 4.79 Å². The van der Waals surface area contributed by atoms with Gasteiger partial charge in [0.05, 0.1) is 14.2 Å². The summed E-state index contributed by atoms with van der Waals surface area (Å²) < 4.78 is 8.08. The molecule has 0 aliphatic heterocycles. The van der Waals surface area contributed by atoms with Crippen LogP contribution in [0.4, 0.5) is 4.79 Å². The van der Waals surface area contributed by atoms with E-state index in [4.69, 9.17) is 0 Å². The van der Waals surface area contributed by atoms with Crippen molar-refractivity contribution >= 4 is 6.16 Å². The second-order valence-corrected chi connectivity index (χ2v) is 5.28. The minimum Gasteiger partial charge on any atom is -0.438 e. The van der Waals surface area contributed by atoms with E-state index >= 15 is 0 Å². The number of hydrogen-bond acceptors (Lipinski definition) is 3. The van der Waals surface area contributed by atoms with Gasteiger partial charge in [-0.05, 0) is 24.8 Å². The highest BCUT2D eigenvalue weighted by Crippen LogP contribution is 2.23. The Morgan fingerprint density at radius 2 is 1.33 bits per heavy atom. The standard InChI is InChI=1S/C12H18.C3H6O3/c1-9-6-10(2)8-11(7-9)12(3,4)5;1-5-3(4)6-2/h6-8H,1-5H3;1-2H3. The van der Waals surface area contributed by atoms with Gasteiger partial charge in [0.2, 0.25) is 0 Å². The van der Waals surface area contributed by atoms with Crippen LogP contribution in [0.15, 0.2) is 18.2 Å². The highest BCUT2D eigenvalue weighted by molar-refractivity contribution is 5.59. The lowest BCUT2D eigenvalue weighted by Crippen LogP contribution is -2.11. The molecule has 0 aliphatic rings. The fourth-order valence-corrected chi connectivity index (χ4v) is 1.49. The smallest absolute Gasteiger partial charge is 0.438 e. The second kappa shape index (κ2) is 7.04. The van der Waals surface area contributed by atoms with Crippen molar-refractivity contribution in [1.82, 2.24) is 0 Å². The van der Waals surface area contributed by atoms with Gasteiger partial charge in [-0.2, -0.15) is 0 Å². The molecule has 0 unspecified atom stereocenters. The molecule has 1 aromatic carbocycles. The highest BCUT2D eigenvalue weighted by atomic mass is 16.7. The molecule has 1 aromatic rings. The molecule has 102 valence electrons. The van der Waals surface area contributed by atoms with Gasteiger partial charge in [-0.1, -0.05) is 50.1 Å². The van der Waals surface area contributed by atoms with Crippen molar-refractivity contribution in [3.63, 3.8) is 0 Å². The molecule has 0 bridgehead atoms. The Bertz CT molecular complexity index is 363. The first-order valence-electron chi connectivity index (χ1n) is 5.91. The summed E-state index contributed by atoms with van der Waals surface area (Å²) in [5.74, 6) is 0. The minimum absolute atomic E-state index is 0.275. The molecule has 0 atom stereocenters. The molecule has 0 heterocycles. The summed E-state index contributed by atoms with van der Waals surface area (Å²) >= 11 is 0. The number of carbonyl (C=O) groups excluding carboxylic acids is 1. The fraction of sp³-hybridized carbons (Fsp3) is 0.533. The molecule has 0 saturated heterocycles. The third-order valence-corrected chi connectivity index (χ3v) is 2.42. The maximum atomic E-state index is 9.74. The van der Waals surface area contributed by atoms with E-state index in [0.29, 0.717) is 0 Å². The van der Waals surface area contributed by atoms with Gasteiger partial charge in [0.1, 0.15) is 0 Å². The van der Waals surface area contributed by atoms with Crippen molar-refractivity contribution in [1.29, 1.82) is 0 Å². The largest absolute Gasteiger partial charge is 0.507 e. The number of benzene rings is 1. The first kappa shape index (κ1) is 16.5. The van der Waals surface area contributed by atoms with Crippen molar-refractivity contribution in [3.8, 4) is 0 Å². The lowest BCUT2D eigenvalue weighted by molar-refractivity contribution is 0.0924. The normalized spacial score (nSPS) is 10.2. The van der Waals surface area contributed by atoms with Crippen LogP contribution >= 0.6 is 0 Å². The minimum atomic E-state index is -0.657. The van der Waals surface area contributed by atoms with Gasteiger partial charge in [0, 0.05) is 0 Å². The molecule has 0 aliphatic carbocycles. The Labute approximate surface area is 110 Å². The molecule has 3 heteroatoms. The molecule has 0 fully saturated rings. The van der Waals surface area contributed by atoms with E-state index in [0.717, 1.165) is 0 Å². The molecule has 0 spiro atoms. The lowest BCUT2D eigenvalue weighted by Gasteiger charge is -2.20. The summed E-state index contributed by atoms with van der Waals surface area (Å²) in [5, 5.41) is 0. The summed E-state index contributed by atoms with van der Waals surface area (Å²) in [5.41, 5.74) is 4.43. The third-order valence-electron chi connectivity index (χ3n) is 2.42. The summed E-state index contributed by atoms with van der Waals surface area (Å²) in [6.07, 6.45) is -0.657. The van der Waals surface area contributed by atoms with Crippen LogP contribution in [0, 0.1) is 13.8 Å². The topological polar surface area (TPSA) is 35.5 Å². The highest BCUT2D eigenvalue weighted by Gasteiger charge is 2.13. The van der Waals surface area contributed by atoms with Crippen LogP contribution < -0.4 is 0 Å². The van der Waals surface area contributed by atoms with Gasteiger partial charge in [0.25, 0.3) is 0 Å². The van der Waals surface area contributed by atoms with Crippen LogP contribution in [0.1, 0.15) is 37.5 Å². The Kier molecular flexibility index (Phi) is 6.45. The molecular weight excluding hydrogens is 228 g/mol. The van der Waals surface area contributed by atoms with E-state index in [2.05, 4.69) is 62.3 Å². The van der Waals surface area contributed by atoms with Crippen LogP contribution in [-0.4, -0.2) is 20.4 Å². The number of methoxy groups -OCH3 is 2. The zero-order valence-electron chi connectivity index (χ0n) is 12.5. The van der Waals surface area contributed by atoms with Crippen LogP contribution in [0.2, 0.25) is 0 Å². The van der Waals surface area contributed by atoms with Gasteiger partial charge < -0.3 is 9.47 Å². The number of carbonyl (C=O) groups is 1. The number of aryl methyl sites for hydroxylation is 2. The van der Waals surface area contributed by atoms with Crippen LogP contribution in [0.3, 0.4) is 0 Å². The molecule has 0 saturated carbocycles. The molecule has 0 aromatic heterocycles. The van der Waals surface area contributed by atoms with Crippen LogP contribution in [0.5, 0.6) is 0 Å². The summed E-state index contributed by atoms with van der Waals surface area (Å²) in [6.45, 7) is 11.1. The van der Waals surface area contributed by atoms with E-state index in [1.807, 2.05) is 0 Å². The monoisotopic (exact) mass is 252 g/mol. The summed E-state index contributed by atoms with van der Waals surface area (Å²) in [7, 11) is 2.51. The molecule has 3 nitrogen and oxygen atoms in total. The Morgan fingerprint density at radius 1 is 0.944 bits per heavy atom. The van der Waals surface area contributed by atoms with Crippen LogP contribution in [0.25, 0.3) is 0 Å². The zero-order chi connectivity index (χ0) is 14.3. The quantitative estimate of drug-likeness (QED) is 0.655. The molecular formula is C15H24O3. The maximum Gasteiger partial charge on any atom is 0.507 e. The van der Waals surface area contributed by atoms with Crippen molar-refractivity contribution in [2.24, 2.45) is 0 Å². The molecule has 1 rings (SSSR count). The van der Waals surface area contributed by atoms with Crippen molar-refractivity contribution < 1.29 is 14.3 Å². The second-order valence-electron chi connectivity index (χ2n) is 5.28. The zero-order valence-corrected chi connectivity index (χ0v) is 12.5. The van der Waals surface area contributed by atoms with Gasteiger partial charge in [-0.15, -0.1) is 0 Å². The van der Waals surface area contributed by atoms with E-state index < -0.39 is 6.16 Å². The van der Waals surface area contributed by atoms with Crippen molar-refractivity contribution in [3.05, 3.63) is 34.9 Å². The first-order chi connectivity index (χ1) is 8.20. The van der Waals surface area contributed by atoms with E-state index in [1.54, 1.807) is 0 Å².